The first-order valence-corrected chi connectivity index (χ1v) is 12.1. The standard InChI is InChI=1S/C23H27N3O4S/c24-22(28)14-19-12-18(16-4-2-1-3-5-16)13-20-21(15-25-23(19)20)17-6-8-26(9-7-17)31(29,30)11-10-27/h1-5,12-13,15,17,25,27H,6-11,14H2,(H2,24,28). The molecule has 31 heavy (non-hydrogen) atoms. The lowest BCUT2D eigenvalue weighted by atomic mass is 9.88. The van der Waals surface area contributed by atoms with Crippen LogP contribution in [-0.4, -0.2) is 54.2 Å². The first-order valence-electron chi connectivity index (χ1n) is 10.5. The minimum atomic E-state index is -3.41. The molecule has 1 aliphatic heterocycles. The van der Waals surface area contributed by atoms with Crippen LogP contribution in [0.4, 0.5) is 0 Å². The predicted octanol–water partition coefficient (Wildman–Crippen LogP) is 2.36. The van der Waals surface area contributed by atoms with E-state index in [9.17, 15) is 13.2 Å². The number of carbonyl (C=O) groups is 1. The number of aromatic nitrogens is 1. The molecule has 0 unspecified atom stereocenters. The van der Waals surface area contributed by atoms with Gasteiger partial charge in [-0.2, -0.15) is 0 Å². The zero-order valence-corrected chi connectivity index (χ0v) is 18.1. The van der Waals surface area contributed by atoms with E-state index in [1.54, 1.807) is 0 Å². The summed E-state index contributed by atoms with van der Waals surface area (Å²) in [4.78, 5) is 15.0. The summed E-state index contributed by atoms with van der Waals surface area (Å²) in [5, 5.41) is 10.1. The van der Waals surface area contributed by atoms with Gasteiger partial charge in [0, 0.05) is 30.2 Å². The number of amides is 1. The Labute approximate surface area is 181 Å². The lowest BCUT2D eigenvalue weighted by molar-refractivity contribution is -0.117. The Morgan fingerprint density at radius 3 is 2.48 bits per heavy atom. The number of sulfonamides is 1. The third-order valence-electron chi connectivity index (χ3n) is 6.01. The third-order valence-corrected chi connectivity index (χ3v) is 7.86. The quantitative estimate of drug-likeness (QED) is 0.522. The first-order chi connectivity index (χ1) is 14.9. The van der Waals surface area contributed by atoms with Gasteiger partial charge in [0.2, 0.25) is 15.9 Å². The van der Waals surface area contributed by atoms with Crippen LogP contribution in [0.25, 0.3) is 22.0 Å². The summed E-state index contributed by atoms with van der Waals surface area (Å²) in [6.45, 7) is 0.508. The first kappa shape index (κ1) is 21.5. The molecular weight excluding hydrogens is 414 g/mol. The zero-order valence-electron chi connectivity index (χ0n) is 17.3. The van der Waals surface area contributed by atoms with E-state index in [2.05, 4.69) is 11.1 Å². The topological polar surface area (TPSA) is 116 Å². The molecule has 8 heteroatoms. The van der Waals surface area contributed by atoms with Gasteiger partial charge in [0.1, 0.15) is 0 Å². The largest absolute Gasteiger partial charge is 0.395 e. The van der Waals surface area contributed by atoms with Crippen LogP contribution in [0.15, 0.2) is 48.7 Å². The Morgan fingerprint density at radius 1 is 1.13 bits per heavy atom. The summed E-state index contributed by atoms with van der Waals surface area (Å²) in [5.41, 5.74) is 10.5. The van der Waals surface area contributed by atoms with Gasteiger partial charge < -0.3 is 15.8 Å². The maximum Gasteiger partial charge on any atom is 0.221 e. The molecule has 2 heterocycles. The number of benzene rings is 2. The molecule has 1 aromatic heterocycles. The van der Waals surface area contributed by atoms with Gasteiger partial charge in [-0.25, -0.2) is 12.7 Å². The van der Waals surface area contributed by atoms with E-state index in [1.807, 2.05) is 42.6 Å². The molecule has 2 aromatic carbocycles. The second-order valence-corrected chi connectivity index (χ2v) is 10.1. The van der Waals surface area contributed by atoms with E-state index >= 15 is 0 Å². The summed E-state index contributed by atoms with van der Waals surface area (Å²) < 4.78 is 26.0. The highest BCUT2D eigenvalue weighted by Crippen LogP contribution is 2.37. The number of hydrogen-bond donors (Lipinski definition) is 3. The Bertz CT molecular complexity index is 1180. The highest BCUT2D eigenvalue weighted by molar-refractivity contribution is 7.89. The molecule has 3 aromatic rings. The maximum atomic E-state index is 12.3. The van der Waals surface area contributed by atoms with Gasteiger partial charge >= 0.3 is 0 Å². The highest BCUT2D eigenvalue weighted by atomic mass is 32.2. The van der Waals surface area contributed by atoms with E-state index in [-0.39, 0.29) is 30.6 Å². The Morgan fingerprint density at radius 2 is 1.84 bits per heavy atom. The molecule has 1 fully saturated rings. The van der Waals surface area contributed by atoms with Gasteiger partial charge in [-0.15, -0.1) is 0 Å². The van der Waals surface area contributed by atoms with Crippen molar-refractivity contribution < 1.29 is 18.3 Å². The van der Waals surface area contributed by atoms with Crippen molar-refractivity contribution >= 4 is 26.8 Å². The molecular formula is C23H27N3O4S. The van der Waals surface area contributed by atoms with Gasteiger partial charge in [0.05, 0.1) is 18.8 Å². The molecule has 0 saturated carbocycles. The number of H-pyrrole nitrogens is 1. The predicted molar refractivity (Wildman–Crippen MR) is 121 cm³/mol. The van der Waals surface area contributed by atoms with E-state index < -0.39 is 10.0 Å². The van der Waals surface area contributed by atoms with Crippen molar-refractivity contribution in [3.8, 4) is 11.1 Å². The number of hydrogen-bond acceptors (Lipinski definition) is 4. The van der Waals surface area contributed by atoms with Crippen LogP contribution >= 0.6 is 0 Å². The molecule has 0 bridgehead atoms. The summed E-state index contributed by atoms with van der Waals surface area (Å²) in [6.07, 6.45) is 3.54. The summed E-state index contributed by atoms with van der Waals surface area (Å²) in [5.74, 6) is -0.409. The van der Waals surface area contributed by atoms with E-state index in [1.165, 1.54) is 4.31 Å². The number of rotatable bonds is 7. The molecule has 0 atom stereocenters. The van der Waals surface area contributed by atoms with Crippen LogP contribution in [-0.2, 0) is 21.2 Å². The van der Waals surface area contributed by atoms with Gasteiger partial charge in [-0.05, 0) is 53.1 Å². The normalized spacial score (nSPS) is 16.0. The number of fused-ring (bicyclic) bond motifs is 1. The van der Waals surface area contributed by atoms with Gasteiger partial charge in [0.25, 0.3) is 0 Å². The molecule has 1 saturated heterocycles. The number of piperidine rings is 1. The summed E-state index contributed by atoms with van der Waals surface area (Å²) in [6, 6.07) is 14.1. The average molecular weight is 442 g/mol. The monoisotopic (exact) mass is 441 g/mol. The molecule has 0 aliphatic carbocycles. The van der Waals surface area contributed by atoms with Crippen molar-refractivity contribution in [2.75, 3.05) is 25.4 Å². The van der Waals surface area contributed by atoms with Crippen molar-refractivity contribution in [2.45, 2.75) is 25.2 Å². The van der Waals surface area contributed by atoms with Crippen LogP contribution in [0.5, 0.6) is 0 Å². The summed E-state index contributed by atoms with van der Waals surface area (Å²) >= 11 is 0. The molecule has 4 N–H and O–H groups in total. The molecule has 1 amide bonds. The number of nitrogens with two attached hydrogens (primary N) is 1. The van der Waals surface area contributed by atoms with E-state index in [0.29, 0.717) is 25.9 Å². The minimum absolute atomic E-state index is 0.148. The van der Waals surface area contributed by atoms with Crippen molar-refractivity contribution in [1.29, 1.82) is 0 Å². The molecule has 7 nitrogen and oxygen atoms in total. The molecule has 1 aliphatic rings. The smallest absolute Gasteiger partial charge is 0.221 e. The van der Waals surface area contributed by atoms with Crippen LogP contribution in [0, 0.1) is 0 Å². The number of carbonyl (C=O) groups excluding carboxylic acids is 1. The van der Waals surface area contributed by atoms with Gasteiger partial charge in [0.15, 0.2) is 0 Å². The molecule has 164 valence electrons. The van der Waals surface area contributed by atoms with E-state index in [4.69, 9.17) is 10.8 Å². The van der Waals surface area contributed by atoms with Crippen molar-refractivity contribution in [2.24, 2.45) is 5.73 Å². The molecule has 0 spiro atoms. The minimum Gasteiger partial charge on any atom is -0.395 e. The zero-order chi connectivity index (χ0) is 22.0. The fourth-order valence-corrected chi connectivity index (χ4v) is 5.74. The lowest BCUT2D eigenvalue weighted by Crippen LogP contribution is -2.39. The number of aliphatic hydroxyl groups excluding tert-OH is 1. The molecule has 4 rings (SSSR count). The Balaban J connectivity index is 1.69. The number of nitrogens with one attached hydrogen (secondary N) is 1. The number of primary amides is 1. The SMILES string of the molecule is NC(=O)Cc1cc(-c2ccccc2)cc2c(C3CCN(S(=O)(=O)CCO)CC3)c[nH]c12. The van der Waals surface area contributed by atoms with Crippen molar-refractivity contribution in [1.82, 2.24) is 9.29 Å². The van der Waals surface area contributed by atoms with Gasteiger partial charge in [-0.1, -0.05) is 30.3 Å². The maximum absolute atomic E-state index is 12.3. The van der Waals surface area contributed by atoms with Crippen molar-refractivity contribution in [3.63, 3.8) is 0 Å². The highest BCUT2D eigenvalue weighted by Gasteiger charge is 2.29. The summed E-state index contributed by atoms with van der Waals surface area (Å²) in [7, 11) is -3.41. The van der Waals surface area contributed by atoms with Crippen LogP contribution in [0.3, 0.4) is 0 Å². The van der Waals surface area contributed by atoms with Crippen LogP contribution in [0.1, 0.15) is 29.9 Å². The number of aliphatic hydroxyl groups is 1. The van der Waals surface area contributed by atoms with Crippen molar-refractivity contribution in [3.05, 3.63) is 59.8 Å². The van der Waals surface area contributed by atoms with Crippen LogP contribution < -0.4 is 5.73 Å². The average Bonchev–Trinajstić information content (AvgIpc) is 3.18. The molecule has 0 radical (unpaired) electrons. The fraction of sp³-hybridized carbons (Fsp3) is 0.348. The second kappa shape index (κ2) is 8.82. The Kier molecular flexibility index (Phi) is 6.13. The third kappa shape index (κ3) is 4.51. The second-order valence-electron chi connectivity index (χ2n) is 8.02. The Hall–Kier alpha value is -2.68. The number of nitrogens with zero attached hydrogens (tertiary/aromatic N) is 1. The van der Waals surface area contributed by atoms with Gasteiger partial charge in [-0.3, -0.25) is 4.79 Å². The van der Waals surface area contributed by atoms with Crippen LogP contribution in [0.2, 0.25) is 0 Å². The number of aromatic amines is 1. The lowest BCUT2D eigenvalue weighted by Gasteiger charge is -2.31. The fourth-order valence-electron chi connectivity index (χ4n) is 4.48. The van der Waals surface area contributed by atoms with E-state index in [0.717, 1.165) is 33.2 Å².